The smallest absolute Gasteiger partial charge is 0.339 e. The van der Waals surface area contributed by atoms with Crippen molar-refractivity contribution in [3.8, 4) is 0 Å². The lowest BCUT2D eigenvalue weighted by Gasteiger charge is -2.10. The van der Waals surface area contributed by atoms with Crippen LogP contribution >= 0.6 is 15.9 Å². The van der Waals surface area contributed by atoms with Gasteiger partial charge in [-0.2, -0.15) is 0 Å². The zero-order valence-electron chi connectivity index (χ0n) is 15.8. The van der Waals surface area contributed by atoms with Gasteiger partial charge >= 0.3 is 5.63 Å². The van der Waals surface area contributed by atoms with E-state index in [9.17, 15) is 14.4 Å². The molecule has 0 saturated heterocycles. The molecule has 0 radical (unpaired) electrons. The molecule has 8 heteroatoms. The second-order valence-electron chi connectivity index (χ2n) is 6.65. The average Bonchev–Trinajstić information content (AvgIpc) is 2.97. The first-order valence-corrected chi connectivity index (χ1v) is 9.49. The van der Waals surface area contributed by atoms with Crippen LogP contribution in [0.3, 0.4) is 0 Å². The Bertz CT molecular complexity index is 1130. The Labute approximate surface area is 169 Å². The third kappa shape index (κ3) is 4.17. The van der Waals surface area contributed by atoms with Crippen molar-refractivity contribution in [1.29, 1.82) is 0 Å². The first kappa shape index (κ1) is 19.9. The van der Waals surface area contributed by atoms with E-state index >= 15 is 0 Å². The van der Waals surface area contributed by atoms with E-state index in [0.29, 0.717) is 16.8 Å². The number of hydrazine groups is 1. The van der Waals surface area contributed by atoms with Gasteiger partial charge in [0.05, 0.1) is 0 Å². The predicted molar refractivity (Wildman–Crippen MR) is 109 cm³/mol. The van der Waals surface area contributed by atoms with Gasteiger partial charge in [0.2, 0.25) is 5.91 Å². The fourth-order valence-corrected chi connectivity index (χ4v) is 3.56. The van der Waals surface area contributed by atoms with Crippen LogP contribution in [0.4, 0.5) is 0 Å². The van der Waals surface area contributed by atoms with Crippen molar-refractivity contribution in [2.45, 2.75) is 26.7 Å². The molecule has 0 unspecified atom stereocenters. The first-order valence-electron chi connectivity index (χ1n) is 8.70. The van der Waals surface area contributed by atoms with Crippen molar-refractivity contribution < 1.29 is 14.0 Å². The number of hydrogen-bond donors (Lipinski definition) is 2. The Morgan fingerprint density at radius 1 is 1.18 bits per heavy atom. The Morgan fingerprint density at radius 2 is 1.93 bits per heavy atom. The molecule has 3 aromatic rings. The van der Waals surface area contributed by atoms with Gasteiger partial charge in [-0.1, -0.05) is 12.1 Å². The molecule has 1 aromatic carbocycles. The monoisotopic (exact) mass is 445 g/mol. The quantitative estimate of drug-likeness (QED) is 0.476. The highest BCUT2D eigenvalue weighted by atomic mass is 79.9. The second-order valence-corrected chi connectivity index (χ2v) is 7.57. The SMILES string of the molecule is Cc1ccc2c(C)c(CCC(=O)NNC(=O)c3cc(Br)cn3C)c(=O)oc2c1. The number of nitrogens with zero attached hydrogens (tertiary/aromatic N) is 1. The molecule has 2 N–H and O–H groups in total. The fourth-order valence-electron chi connectivity index (χ4n) is 3.03. The number of carbonyl (C=O) groups excluding carboxylic acids is 2. The maximum absolute atomic E-state index is 12.3. The Balaban J connectivity index is 1.64. The van der Waals surface area contributed by atoms with Gasteiger partial charge in [0.1, 0.15) is 11.3 Å². The van der Waals surface area contributed by atoms with Crippen LogP contribution in [0, 0.1) is 13.8 Å². The Morgan fingerprint density at radius 3 is 2.61 bits per heavy atom. The van der Waals surface area contributed by atoms with Crippen LogP contribution in [0.5, 0.6) is 0 Å². The molecule has 2 aromatic heterocycles. The van der Waals surface area contributed by atoms with E-state index < -0.39 is 17.4 Å². The van der Waals surface area contributed by atoms with Gasteiger partial charge in [-0.15, -0.1) is 0 Å². The number of aryl methyl sites for hydroxylation is 3. The lowest BCUT2D eigenvalue weighted by molar-refractivity contribution is -0.121. The number of carbonyl (C=O) groups is 2. The van der Waals surface area contributed by atoms with Crippen LogP contribution in [0.2, 0.25) is 0 Å². The van der Waals surface area contributed by atoms with Crippen molar-refractivity contribution in [3.63, 3.8) is 0 Å². The van der Waals surface area contributed by atoms with Crippen LogP contribution in [0.1, 0.15) is 33.6 Å². The lowest BCUT2D eigenvalue weighted by atomic mass is 10.0. The van der Waals surface area contributed by atoms with Gasteiger partial charge in [0.25, 0.3) is 5.91 Å². The molecule has 0 saturated carbocycles. The van der Waals surface area contributed by atoms with Crippen LogP contribution < -0.4 is 16.5 Å². The van der Waals surface area contributed by atoms with E-state index in [1.807, 2.05) is 32.0 Å². The molecule has 2 heterocycles. The third-order valence-electron chi connectivity index (χ3n) is 4.56. The minimum atomic E-state index is -0.443. The van der Waals surface area contributed by atoms with E-state index in [1.54, 1.807) is 23.9 Å². The molecule has 7 nitrogen and oxygen atoms in total. The molecule has 0 bridgehead atoms. The van der Waals surface area contributed by atoms with E-state index in [-0.39, 0.29) is 12.8 Å². The van der Waals surface area contributed by atoms with Crippen LogP contribution in [-0.2, 0) is 18.3 Å². The molecule has 3 rings (SSSR count). The standard InChI is InChI=1S/C20H20BrN3O4/c1-11-4-5-14-12(2)15(20(27)28-17(14)8-11)6-7-18(25)22-23-19(26)16-9-13(21)10-24(16)3/h4-5,8-10H,6-7H2,1-3H3,(H,22,25)(H,23,26). The molecule has 0 atom stereocenters. The minimum absolute atomic E-state index is 0.0417. The Hall–Kier alpha value is -2.87. The second kappa shape index (κ2) is 8.02. The molecule has 0 aliphatic rings. The van der Waals surface area contributed by atoms with Gasteiger partial charge in [-0.05, 0) is 59.5 Å². The van der Waals surface area contributed by atoms with Crippen molar-refractivity contribution in [2.24, 2.45) is 7.05 Å². The van der Waals surface area contributed by atoms with Crippen LogP contribution in [-0.4, -0.2) is 16.4 Å². The highest BCUT2D eigenvalue weighted by Gasteiger charge is 2.15. The number of amides is 2. The van der Waals surface area contributed by atoms with Crippen molar-refractivity contribution in [2.75, 3.05) is 0 Å². The van der Waals surface area contributed by atoms with Gasteiger partial charge in [0, 0.05) is 35.1 Å². The topological polar surface area (TPSA) is 93.3 Å². The highest BCUT2D eigenvalue weighted by molar-refractivity contribution is 9.10. The zero-order valence-corrected chi connectivity index (χ0v) is 17.3. The van der Waals surface area contributed by atoms with E-state index in [4.69, 9.17) is 4.42 Å². The molecule has 0 aliphatic carbocycles. The lowest BCUT2D eigenvalue weighted by Crippen LogP contribution is -2.42. The summed E-state index contributed by atoms with van der Waals surface area (Å²) in [6, 6.07) is 7.32. The number of halogens is 1. The molecule has 0 fully saturated rings. The first-order chi connectivity index (χ1) is 13.3. The summed E-state index contributed by atoms with van der Waals surface area (Å²) in [5.41, 5.74) is 7.50. The summed E-state index contributed by atoms with van der Waals surface area (Å²) in [7, 11) is 1.73. The summed E-state index contributed by atoms with van der Waals surface area (Å²) in [5.74, 6) is -0.831. The molecule has 0 spiro atoms. The maximum atomic E-state index is 12.3. The van der Waals surface area contributed by atoms with E-state index in [2.05, 4.69) is 26.8 Å². The summed E-state index contributed by atoms with van der Waals surface area (Å²) < 4.78 is 7.79. The number of rotatable bonds is 4. The average molecular weight is 446 g/mol. The third-order valence-corrected chi connectivity index (χ3v) is 5.00. The molecule has 28 heavy (non-hydrogen) atoms. The van der Waals surface area contributed by atoms with Crippen molar-refractivity contribution in [3.05, 3.63) is 67.7 Å². The van der Waals surface area contributed by atoms with Gasteiger partial charge < -0.3 is 8.98 Å². The number of nitrogens with one attached hydrogen (secondary N) is 2. The summed E-state index contributed by atoms with van der Waals surface area (Å²) in [6.07, 6.45) is 2.00. The van der Waals surface area contributed by atoms with Crippen LogP contribution in [0.15, 0.2) is 44.1 Å². The minimum Gasteiger partial charge on any atom is -0.423 e. The normalized spacial score (nSPS) is 10.9. The summed E-state index contributed by atoms with van der Waals surface area (Å²) in [6.45, 7) is 3.77. The number of benzene rings is 1. The predicted octanol–water partition coefficient (Wildman–Crippen LogP) is 2.90. The maximum Gasteiger partial charge on any atom is 0.339 e. The number of aromatic nitrogens is 1. The summed E-state index contributed by atoms with van der Waals surface area (Å²) in [4.78, 5) is 36.5. The largest absolute Gasteiger partial charge is 0.423 e. The summed E-state index contributed by atoms with van der Waals surface area (Å²) in [5, 5.41) is 0.850. The molecular formula is C20H20BrN3O4. The Kier molecular flexibility index (Phi) is 5.69. The molecule has 2 amide bonds. The number of hydrogen-bond acceptors (Lipinski definition) is 4. The van der Waals surface area contributed by atoms with E-state index in [1.165, 1.54) is 0 Å². The zero-order chi connectivity index (χ0) is 20.4. The van der Waals surface area contributed by atoms with Gasteiger partial charge in [-0.25, -0.2) is 4.79 Å². The van der Waals surface area contributed by atoms with Crippen molar-refractivity contribution in [1.82, 2.24) is 15.4 Å². The molecule has 146 valence electrons. The van der Waals surface area contributed by atoms with E-state index in [0.717, 1.165) is 21.0 Å². The molecular weight excluding hydrogens is 426 g/mol. The molecule has 0 aliphatic heterocycles. The summed E-state index contributed by atoms with van der Waals surface area (Å²) >= 11 is 3.29. The van der Waals surface area contributed by atoms with Gasteiger partial charge in [-0.3, -0.25) is 20.4 Å². The highest BCUT2D eigenvalue weighted by Crippen LogP contribution is 2.21. The fraction of sp³-hybridized carbons (Fsp3) is 0.250. The number of fused-ring (bicyclic) bond motifs is 1. The van der Waals surface area contributed by atoms with Crippen molar-refractivity contribution >= 4 is 38.7 Å². The van der Waals surface area contributed by atoms with Gasteiger partial charge in [0.15, 0.2) is 0 Å². The van der Waals surface area contributed by atoms with Crippen LogP contribution in [0.25, 0.3) is 11.0 Å².